The van der Waals surface area contributed by atoms with Gasteiger partial charge in [0, 0.05) is 6.42 Å². The molecular formula is C14H25F3O2S. The van der Waals surface area contributed by atoms with Crippen molar-refractivity contribution in [3.05, 3.63) is 0 Å². The van der Waals surface area contributed by atoms with Crippen LogP contribution in [0.5, 0.6) is 0 Å². The van der Waals surface area contributed by atoms with E-state index in [1.807, 2.05) is 27.7 Å². The Kier molecular flexibility index (Phi) is 9.34. The lowest BCUT2D eigenvalue weighted by molar-refractivity contribution is -0.144. The van der Waals surface area contributed by atoms with E-state index in [4.69, 9.17) is 4.74 Å². The standard InChI is InChI=1S/C14H25F3O2S/c1-10(2)9-19-13(18)12(11(3)4)20-8-6-5-7-14(15,16)17/h10-12H,5-9H2,1-4H3. The van der Waals surface area contributed by atoms with Gasteiger partial charge in [-0.15, -0.1) is 11.8 Å². The molecule has 0 amide bonds. The molecule has 1 atom stereocenters. The summed E-state index contributed by atoms with van der Waals surface area (Å²) in [5, 5.41) is -0.292. The molecule has 0 aliphatic carbocycles. The predicted octanol–water partition coefficient (Wildman–Crippen LogP) is 4.68. The first-order valence-corrected chi connectivity index (χ1v) is 8.03. The lowest BCUT2D eigenvalue weighted by Gasteiger charge is -2.19. The molecule has 6 heteroatoms. The Labute approximate surface area is 123 Å². The number of unbranched alkanes of at least 4 members (excludes halogenated alkanes) is 1. The van der Waals surface area contributed by atoms with Crippen molar-refractivity contribution < 1.29 is 22.7 Å². The van der Waals surface area contributed by atoms with Crippen molar-refractivity contribution in [2.75, 3.05) is 12.4 Å². The number of carbonyl (C=O) groups is 1. The average Bonchev–Trinajstić information content (AvgIpc) is 2.28. The predicted molar refractivity (Wildman–Crippen MR) is 76.8 cm³/mol. The third kappa shape index (κ3) is 10.4. The van der Waals surface area contributed by atoms with Crippen molar-refractivity contribution in [1.82, 2.24) is 0 Å². The number of rotatable bonds is 9. The quantitative estimate of drug-likeness (QED) is 0.457. The lowest BCUT2D eigenvalue weighted by Crippen LogP contribution is -2.27. The van der Waals surface area contributed by atoms with Crippen LogP contribution in [0, 0.1) is 11.8 Å². The maximum atomic E-state index is 12.0. The summed E-state index contributed by atoms with van der Waals surface area (Å²) >= 11 is 1.40. The van der Waals surface area contributed by atoms with Crippen LogP contribution in [-0.4, -0.2) is 29.8 Å². The van der Waals surface area contributed by atoms with E-state index in [0.29, 0.717) is 18.8 Å². The molecule has 0 aliphatic heterocycles. The zero-order valence-electron chi connectivity index (χ0n) is 12.6. The van der Waals surface area contributed by atoms with Crippen LogP contribution in [-0.2, 0) is 9.53 Å². The summed E-state index contributed by atoms with van der Waals surface area (Å²) in [6.45, 7) is 8.15. The van der Waals surface area contributed by atoms with Gasteiger partial charge in [0.1, 0.15) is 5.25 Å². The molecule has 0 spiro atoms. The first-order chi connectivity index (χ1) is 9.13. The minimum atomic E-state index is -4.09. The summed E-state index contributed by atoms with van der Waals surface area (Å²) in [4.78, 5) is 11.9. The second kappa shape index (κ2) is 9.53. The van der Waals surface area contributed by atoms with E-state index < -0.39 is 12.6 Å². The topological polar surface area (TPSA) is 26.3 Å². The maximum Gasteiger partial charge on any atom is 0.389 e. The van der Waals surface area contributed by atoms with Crippen molar-refractivity contribution >= 4 is 17.7 Å². The molecule has 0 aromatic rings. The molecule has 0 saturated heterocycles. The Morgan fingerprint density at radius 1 is 1.15 bits per heavy atom. The van der Waals surface area contributed by atoms with E-state index in [0.717, 1.165) is 0 Å². The third-order valence-electron chi connectivity index (χ3n) is 2.55. The lowest BCUT2D eigenvalue weighted by atomic mass is 10.1. The number of carbonyl (C=O) groups excluding carboxylic acids is 1. The van der Waals surface area contributed by atoms with Crippen molar-refractivity contribution in [3.63, 3.8) is 0 Å². The summed E-state index contributed by atoms with van der Waals surface area (Å²) < 4.78 is 41.2. The molecule has 0 aromatic carbocycles. The molecular weight excluding hydrogens is 289 g/mol. The minimum absolute atomic E-state index is 0.113. The second-order valence-electron chi connectivity index (χ2n) is 5.63. The van der Waals surface area contributed by atoms with Gasteiger partial charge in [-0.3, -0.25) is 4.79 Å². The molecule has 120 valence electrons. The number of halogens is 3. The summed E-state index contributed by atoms with van der Waals surface area (Å²) in [5.74, 6) is 0.691. The Bertz CT molecular complexity index is 278. The molecule has 0 N–H and O–H groups in total. The van der Waals surface area contributed by atoms with E-state index in [1.54, 1.807) is 0 Å². The summed E-state index contributed by atoms with van der Waals surface area (Å²) in [5.41, 5.74) is 0. The van der Waals surface area contributed by atoms with Crippen LogP contribution < -0.4 is 0 Å². The van der Waals surface area contributed by atoms with Crippen LogP contribution >= 0.6 is 11.8 Å². The number of hydrogen-bond acceptors (Lipinski definition) is 3. The highest BCUT2D eigenvalue weighted by atomic mass is 32.2. The summed E-state index contributed by atoms with van der Waals surface area (Å²) in [6, 6.07) is 0. The summed E-state index contributed by atoms with van der Waals surface area (Å²) in [7, 11) is 0. The maximum absolute atomic E-state index is 12.0. The third-order valence-corrected chi connectivity index (χ3v) is 4.17. The molecule has 0 rings (SSSR count). The van der Waals surface area contributed by atoms with Crippen molar-refractivity contribution in [1.29, 1.82) is 0 Å². The van der Waals surface area contributed by atoms with Gasteiger partial charge in [0.25, 0.3) is 0 Å². The van der Waals surface area contributed by atoms with Crippen molar-refractivity contribution in [2.24, 2.45) is 11.8 Å². The van der Waals surface area contributed by atoms with Crippen LogP contribution in [0.3, 0.4) is 0 Å². The number of ether oxygens (including phenoxy) is 1. The normalized spacial score (nSPS) is 13.8. The first kappa shape index (κ1) is 19.6. The molecule has 0 bridgehead atoms. The fourth-order valence-electron chi connectivity index (χ4n) is 1.50. The van der Waals surface area contributed by atoms with Gasteiger partial charge in [-0.05, 0) is 30.4 Å². The Balaban J connectivity index is 4.00. The molecule has 0 saturated carbocycles. The number of hydrogen-bond donors (Lipinski definition) is 0. The van der Waals surface area contributed by atoms with E-state index in [9.17, 15) is 18.0 Å². The second-order valence-corrected chi connectivity index (χ2v) is 6.88. The van der Waals surface area contributed by atoms with Crippen LogP contribution in [0.2, 0.25) is 0 Å². The zero-order chi connectivity index (χ0) is 15.8. The van der Waals surface area contributed by atoms with Crippen LogP contribution in [0.4, 0.5) is 13.2 Å². The largest absolute Gasteiger partial charge is 0.465 e. The Morgan fingerprint density at radius 3 is 2.20 bits per heavy atom. The molecule has 0 heterocycles. The zero-order valence-corrected chi connectivity index (χ0v) is 13.4. The fraction of sp³-hybridized carbons (Fsp3) is 0.929. The molecule has 0 aliphatic rings. The number of alkyl halides is 3. The highest BCUT2D eigenvalue weighted by molar-refractivity contribution is 8.00. The SMILES string of the molecule is CC(C)COC(=O)C(SCCCCC(F)(F)F)C(C)C. The molecule has 0 radical (unpaired) electrons. The van der Waals surface area contributed by atoms with E-state index in [-0.39, 0.29) is 29.5 Å². The Morgan fingerprint density at radius 2 is 1.75 bits per heavy atom. The van der Waals surface area contributed by atoms with E-state index >= 15 is 0 Å². The van der Waals surface area contributed by atoms with Gasteiger partial charge in [-0.25, -0.2) is 0 Å². The van der Waals surface area contributed by atoms with Gasteiger partial charge in [0.2, 0.25) is 0 Å². The van der Waals surface area contributed by atoms with Gasteiger partial charge in [0.05, 0.1) is 6.61 Å². The van der Waals surface area contributed by atoms with Crippen LogP contribution in [0.25, 0.3) is 0 Å². The fourth-order valence-corrected chi connectivity index (χ4v) is 2.72. The minimum Gasteiger partial charge on any atom is -0.465 e. The average molecular weight is 314 g/mol. The number of esters is 1. The monoisotopic (exact) mass is 314 g/mol. The van der Waals surface area contributed by atoms with Crippen molar-refractivity contribution in [2.45, 2.75) is 58.4 Å². The van der Waals surface area contributed by atoms with Crippen LogP contribution in [0.15, 0.2) is 0 Å². The van der Waals surface area contributed by atoms with E-state index in [1.165, 1.54) is 11.8 Å². The number of thioether (sulfide) groups is 1. The molecule has 0 aromatic heterocycles. The molecule has 20 heavy (non-hydrogen) atoms. The van der Waals surface area contributed by atoms with Crippen molar-refractivity contribution in [3.8, 4) is 0 Å². The van der Waals surface area contributed by atoms with Gasteiger partial charge >= 0.3 is 12.1 Å². The Hall–Kier alpha value is -0.390. The van der Waals surface area contributed by atoms with E-state index in [2.05, 4.69) is 0 Å². The first-order valence-electron chi connectivity index (χ1n) is 6.98. The smallest absolute Gasteiger partial charge is 0.389 e. The van der Waals surface area contributed by atoms with Gasteiger partial charge < -0.3 is 4.74 Å². The molecule has 2 nitrogen and oxygen atoms in total. The highest BCUT2D eigenvalue weighted by Crippen LogP contribution is 2.26. The van der Waals surface area contributed by atoms with Gasteiger partial charge in [-0.2, -0.15) is 13.2 Å². The summed E-state index contributed by atoms with van der Waals surface area (Å²) in [6.07, 6.45) is -4.26. The van der Waals surface area contributed by atoms with Crippen LogP contribution in [0.1, 0.15) is 47.0 Å². The molecule has 0 fully saturated rings. The highest BCUT2D eigenvalue weighted by Gasteiger charge is 2.27. The molecule has 1 unspecified atom stereocenters. The van der Waals surface area contributed by atoms with Gasteiger partial charge in [-0.1, -0.05) is 27.7 Å². The van der Waals surface area contributed by atoms with Gasteiger partial charge in [0.15, 0.2) is 0 Å².